The lowest BCUT2D eigenvalue weighted by molar-refractivity contribution is -0.122. The van der Waals surface area contributed by atoms with Gasteiger partial charge in [-0.15, -0.1) is 0 Å². The van der Waals surface area contributed by atoms with E-state index in [0.29, 0.717) is 11.3 Å². The Bertz CT molecular complexity index is 861. The fourth-order valence-electron chi connectivity index (χ4n) is 2.87. The summed E-state index contributed by atoms with van der Waals surface area (Å²) in [5.41, 5.74) is 1.50. The van der Waals surface area contributed by atoms with E-state index in [4.69, 9.17) is 4.42 Å². The molecule has 5 heteroatoms. The monoisotopic (exact) mass is 362 g/mol. The van der Waals surface area contributed by atoms with Gasteiger partial charge in [0.15, 0.2) is 0 Å². The number of furan rings is 1. The first-order chi connectivity index (χ1) is 13.1. The number of amides is 2. The molecular weight excluding hydrogens is 340 g/mol. The number of carbonyl (C=O) groups is 2. The molecule has 0 aliphatic carbocycles. The fourth-order valence-corrected chi connectivity index (χ4v) is 2.87. The predicted molar refractivity (Wildman–Crippen MR) is 103 cm³/mol. The third-order valence-electron chi connectivity index (χ3n) is 4.17. The summed E-state index contributed by atoms with van der Waals surface area (Å²) in [6.45, 7) is 1.81. The van der Waals surface area contributed by atoms with E-state index in [-0.39, 0.29) is 30.3 Å². The normalized spacial score (nSPS) is 12.8. The van der Waals surface area contributed by atoms with Crippen molar-refractivity contribution in [1.29, 1.82) is 0 Å². The van der Waals surface area contributed by atoms with Crippen LogP contribution < -0.4 is 10.6 Å². The first-order valence-corrected chi connectivity index (χ1v) is 8.87. The summed E-state index contributed by atoms with van der Waals surface area (Å²) in [4.78, 5) is 24.8. The van der Waals surface area contributed by atoms with Crippen molar-refractivity contribution in [2.24, 2.45) is 0 Å². The Kier molecular flexibility index (Phi) is 6.05. The zero-order chi connectivity index (χ0) is 19.1. The Labute approximate surface area is 158 Å². The number of hydrogen-bond donors (Lipinski definition) is 2. The van der Waals surface area contributed by atoms with Gasteiger partial charge < -0.3 is 15.1 Å². The molecule has 2 N–H and O–H groups in total. The Morgan fingerprint density at radius 1 is 0.889 bits per heavy atom. The van der Waals surface area contributed by atoms with Gasteiger partial charge in [0.2, 0.25) is 5.91 Å². The first kappa shape index (κ1) is 18.5. The van der Waals surface area contributed by atoms with Crippen molar-refractivity contribution >= 4 is 11.8 Å². The maximum absolute atomic E-state index is 12.5. The second kappa shape index (κ2) is 8.85. The van der Waals surface area contributed by atoms with Crippen LogP contribution in [0.5, 0.6) is 0 Å². The van der Waals surface area contributed by atoms with Crippen molar-refractivity contribution in [1.82, 2.24) is 10.6 Å². The van der Waals surface area contributed by atoms with E-state index in [2.05, 4.69) is 10.6 Å². The lowest BCUT2D eigenvalue weighted by Gasteiger charge is -2.19. The molecular formula is C22H22N2O3. The average Bonchev–Trinajstić information content (AvgIpc) is 3.22. The van der Waals surface area contributed by atoms with Crippen LogP contribution in [-0.2, 0) is 4.79 Å². The molecule has 1 heterocycles. The standard InChI is InChI=1S/C22H22N2O3/c1-16(23-22(26)18-11-6-3-7-12-18)15-20(25)24-21(19-13-8-14-27-19)17-9-4-2-5-10-17/h2-14,16,21H,15H2,1H3,(H,23,26)(H,24,25). The van der Waals surface area contributed by atoms with Crippen LogP contribution in [0.3, 0.4) is 0 Å². The summed E-state index contributed by atoms with van der Waals surface area (Å²) in [6.07, 6.45) is 1.75. The van der Waals surface area contributed by atoms with Crippen LogP contribution >= 0.6 is 0 Å². The van der Waals surface area contributed by atoms with Crippen molar-refractivity contribution in [2.45, 2.75) is 25.4 Å². The van der Waals surface area contributed by atoms with Crippen LogP contribution in [0, 0.1) is 0 Å². The summed E-state index contributed by atoms with van der Waals surface area (Å²) < 4.78 is 5.49. The minimum atomic E-state index is -0.370. The van der Waals surface area contributed by atoms with E-state index in [0.717, 1.165) is 5.56 Å². The lowest BCUT2D eigenvalue weighted by atomic mass is 10.0. The van der Waals surface area contributed by atoms with Crippen LogP contribution in [0.2, 0.25) is 0 Å². The topological polar surface area (TPSA) is 71.3 Å². The largest absolute Gasteiger partial charge is 0.467 e. The van der Waals surface area contributed by atoms with Crippen molar-refractivity contribution in [3.8, 4) is 0 Å². The zero-order valence-electron chi connectivity index (χ0n) is 15.1. The minimum Gasteiger partial charge on any atom is -0.467 e. The molecule has 0 bridgehead atoms. The summed E-state index contributed by atoms with van der Waals surface area (Å²) in [6, 6.07) is 21.5. The van der Waals surface area contributed by atoms with Gasteiger partial charge in [0.1, 0.15) is 11.8 Å². The van der Waals surface area contributed by atoms with Gasteiger partial charge in [-0.2, -0.15) is 0 Å². The third-order valence-corrected chi connectivity index (χ3v) is 4.17. The number of rotatable bonds is 7. The number of nitrogens with one attached hydrogen (secondary N) is 2. The molecule has 2 aromatic carbocycles. The second-order valence-corrected chi connectivity index (χ2v) is 6.37. The van der Waals surface area contributed by atoms with Gasteiger partial charge in [-0.3, -0.25) is 9.59 Å². The molecule has 3 aromatic rings. The van der Waals surface area contributed by atoms with E-state index < -0.39 is 0 Å². The van der Waals surface area contributed by atoms with Gasteiger partial charge in [-0.25, -0.2) is 0 Å². The highest BCUT2D eigenvalue weighted by molar-refractivity contribution is 5.94. The maximum Gasteiger partial charge on any atom is 0.251 e. The van der Waals surface area contributed by atoms with Gasteiger partial charge in [0.05, 0.1) is 6.26 Å². The van der Waals surface area contributed by atoms with Crippen molar-refractivity contribution in [3.63, 3.8) is 0 Å². The molecule has 138 valence electrons. The second-order valence-electron chi connectivity index (χ2n) is 6.37. The van der Waals surface area contributed by atoms with Crippen LogP contribution in [-0.4, -0.2) is 17.9 Å². The Morgan fingerprint density at radius 2 is 1.56 bits per heavy atom. The summed E-state index contributed by atoms with van der Waals surface area (Å²) >= 11 is 0. The first-order valence-electron chi connectivity index (χ1n) is 8.87. The molecule has 5 nitrogen and oxygen atoms in total. The average molecular weight is 362 g/mol. The van der Waals surface area contributed by atoms with Crippen molar-refractivity contribution in [3.05, 3.63) is 95.9 Å². The summed E-state index contributed by atoms with van der Waals surface area (Å²) in [5, 5.41) is 5.85. The minimum absolute atomic E-state index is 0.166. The maximum atomic E-state index is 12.5. The van der Waals surface area contributed by atoms with Gasteiger partial charge in [-0.05, 0) is 36.8 Å². The van der Waals surface area contributed by atoms with Gasteiger partial charge in [0.25, 0.3) is 5.91 Å². The van der Waals surface area contributed by atoms with Gasteiger partial charge >= 0.3 is 0 Å². The van der Waals surface area contributed by atoms with E-state index >= 15 is 0 Å². The highest BCUT2D eigenvalue weighted by Crippen LogP contribution is 2.22. The van der Waals surface area contributed by atoms with Crippen molar-refractivity contribution in [2.75, 3.05) is 0 Å². The van der Waals surface area contributed by atoms with Gasteiger partial charge in [0, 0.05) is 18.0 Å². The molecule has 3 rings (SSSR count). The smallest absolute Gasteiger partial charge is 0.251 e. The Hall–Kier alpha value is -3.34. The van der Waals surface area contributed by atoms with Crippen LogP contribution in [0.4, 0.5) is 0 Å². The molecule has 0 fully saturated rings. The molecule has 0 aliphatic rings. The Balaban J connectivity index is 1.62. The van der Waals surface area contributed by atoms with Crippen LogP contribution in [0.1, 0.15) is 41.1 Å². The van der Waals surface area contributed by atoms with E-state index in [1.54, 1.807) is 36.6 Å². The predicted octanol–water partition coefficient (Wildman–Crippen LogP) is 3.69. The quantitative estimate of drug-likeness (QED) is 0.673. The molecule has 2 amide bonds. The van der Waals surface area contributed by atoms with Crippen molar-refractivity contribution < 1.29 is 14.0 Å². The van der Waals surface area contributed by atoms with E-state index in [9.17, 15) is 9.59 Å². The molecule has 0 aliphatic heterocycles. The van der Waals surface area contributed by atoms with Crippen LogP contribution in [0.25, 0.3) is 0 Å². The number of benzene rings is 2. The molecule has 0 saturated carbocycles. The molecule has 1 aromatic heterocycles. The third kappa shape index (κ3) is 5.07. The fraction of sp³-hybridized carbons (Fsp3) is 0.182. The number of hydrogen-bond acceptors (Lipinski definition) is 3. The summed E-state index contributed by atoms with van der Waals surface area (Å²) in [5.74, 6) is 0.304. The SMILES string of the molecule is CC(CC(=O)NC(c1ccccc1)c1ccco1)NC(=O)c1ccccc1. The zero-order valence-corrected chi connectivity index (χ0v) is 15.1. The lowest BCUT2D eigenvalue weighted by Crippen LogP contribution is -2.38. The molecule has 0 radical (unpaired) electrons. The van der Waals surface area contributed by atoms with E-state index in [1.807, 2.05) is 49.4 Å². The highest BCUT2D eigenvalue weighted by atomic mass is 16.3. The van der Waals surface area contributed by atoms with E-state index in [1.165, 1.54) is 0 Å². The molecule has 0 spiro atoms. The van der Waals surface area contributed by atoms with Gasteiger partial charge in [-0.1, -0.05) is 48.5 Å². The number of carbonyl (C=O) groups excluding carboxylic acids is 2. The Morgan fingerprint density at radius 3 is 2.19 bits per heavy atom. The molecule has 2 unspecified atom stereocenters. The summed E-state index contributed by atoms with van der Waals surface area (Å²) in [7, 11) is 0. The van der Waals surface area contributed by atoms with Crippen LogP contribution in [0.15, 0.2) is 83.5 Å². The molecule has 2 atom stereocenters. The molecule has 27 heavy (non-hydrogen) atoms. The highest BCUT2D eigenvalue weighted by Gasteiger charge is 2.21. The molecule has 0 saturated heterocycles.